The molecule has 1 fully saturated rings. The van der Waals surface area contributed by atoms with E-state index in [0.29, 0.717) is 24.1 Å². The maximum absolute atomic E-state index is 12.0. The second kappa shape index (κ2) is 5.21. The van der Waals surface area contributed by atoms with Gasteiger partial charge in [-0.25, -0.2) is 8.42 Å². The summed E-state index contributed by atoms with van der Waals surface area (Å²) in [4.78, 5) is 12.0. The van der Waals surface area contributed by atoms with Crippen LogP contribution < -0.4 is 5.32 Å². The smallest absolute Gasteiger partial charge is 0.251 e. The summed E-state index contributed by atoms with van der Waals surface area (Å²) in [6, 6.07) is 4.54. The summed E-state index contributed by atoms with van der Waals surface area (Å²) < 4.78 is 22.6. The van der Waals surface area contributed by atoms with E-state index in [1.165, 1.54) is 12.1 Å². The number of rotatable bonds is 3. The Morgan fingerprint density at radius 3 is 2.79 bits per heavy atom. The zero-order valence-corrected chi connectivity index (χ0v) is 11.5. The van der Waals surface area contributed by atoms with Crippen LogP contribution in [0, 0.1) is 12.8 Å². The summed E-state index contributed by atoms with van der Waals surface area (Å²) >= 11 is 0. The van der Waals surface area contributed by atoms with Crippen LogP contribution in [0.5, 0.6) is 5.75 Å². The number of aromatic hydroxyl groups is 1. The van der Waals surface area contributed by atoms with E-state index in [2.05, 4.69) is 5.32 Å². The molecule has 1 unspecified atom stereocenters. The van der Waals surface area contributed by atoms with Crippen LogP contribution in [0.2, 0.25) is 0 Å². The molecule has 0 aliphatic carbocycles. The van der Waals surface area contributed by atoms with Crippen molar-refractivity contribution in [1.82, 2.24) is 5.32 Å². The van der Waals surface area contributed by atoms with Gasteiger partial charge in [-0.05, 0) is 43.0 Å². The molecule has 1 aliphatic rings. The third-order valence-corrected chi connectivity index (χ3v) is 5.17. The van der Waals surface area contributed by atoms with E-state index in [9.17, 15) is 18.3 Å². The molecular weight excluding hydrogens is 266 g/mol. The lowest BCUT2D eigenvalue weighted by Gasteiger charge is -2.11. The number of sulfone groups is 1. The molecule has 1 saturated heterocycles. The highest BCUT2D eigenvalue weighted by molar-refractivity contribution is 7.91. The van der Waals surface area contributed by atoms with Gasteiger partial charge in [0.15, 0.2) is 9.84 Å². The van der Waals surface area contributed by atoms with Crippen LogP contribution in [0.15, 0.2) is 18.2 Å². The highest BCUT2D eigenvalue weighted by atomic mass is 32.2. The topological polar surface area (TPSA) is 83.5 Å². The van der Waals surface area contributed by atoms with Crippen molar-refractivity contribution < 1.29 is 18.3 Å². The van der Waals surface area contributed by atoms with E-state index in [4.69, 9.17) is 0 Å². The van der Waals surface area contributed by atoms with Crippen molar-refractivity contribution in [3.05, 3.63) is 29.3 Å². The quantitative estimate of drug-likeness (QED) is 0.862. The summed E-state index contributed by atoms with van der Waals surface area (Å²) in [7, 11) is -2.91. The second-order valence-electron chi connectivity index (χ2n) is 4.98. The molecule has 1 amide bonds. The predicted octanol–water partition coefficient (Wildman–Crippen LogP) is 0.865. The number of phenolic OH excluding ortho intramolecular Hbond substituents is 1. The Morgan fingerprint density at radius 2 is 2.21 bits per heavy atom. The minimum Gasteiger partial charge on any atom is -0.508 e. The van der Waals surface area contributed by atoms with Crippen LogP contribution in [-0.4, -0.2) is 37.5 Å². The fraction of sp³-hybridized carbons (Fsp3) is 0.462. The van der Waals surface area contributed by atoms with Crippen molar-refractivity contribution in [2.75, 3.05) is 18.1 Å². The SMILES string of the molecule is Cc1cc(O)ccc1C(=O)NCC1CCS(=O)(=O)C1. The minimum atomic E-state index is -2.91. The lowest BCUT2D eigenvalue weighted by atomic mass is 10.1. The average molecular weight is 283 g/mol. The summed E-state index contributed by atoms with van der Waals surface area (Å²) in [5.41, 5.74) is 1.19. The van der Waals surface area contributed by atoms with Crippen LogP contribution in [0.25, 0.3) is 0 Å². The fourth-order valence-corrected chi connectivity index (χ4v) is 4.13. The van der Waals surface area contributed by atoms with E-state index >= 15 is 0 Å². The molecule has 104 valence electrons. The molecule has 1 aliphatic heterocycles. The molecule has 1 atom stereocenters. The Bertz CT molecular complexity index is 595. The van der Waals surface area contributed by atoms with Crippen LogP contribution >= 0.6 is 0 Å². The zero-order chi connectivity index (χ0) is 14.0. The number of nitrogens with one attached hydrogen (secondary N) is 1. The van der Waals surface area contributed by atoms with Crippen molar-refractivity contribution >= 4 is 15.7 Å². The normalized spacial score (nSPS) is 21.2. The third kappa shape index (κ3) is 3.47. The minimum absolute atomic E-state index is 0.00590. The molecular formula is C13H17NO4S. The van der Waals surface area contributed by atoms with Crippen LogP contribution in [-0.2, 0) is 9.84 Å². The van der Waals surface area contributed by atoms with Gasteiger partial charge in [0.25, 0.3) is 5.91 Å². The van der Waals surface area contributed by atoms with E-state index in [0.717, 1.165) is 0 Å². The maximum atomic E-state index is 12.0. The molecule has 6 heteroatoms. The average Bonchev–Trinajstić information content (AvgIpc) is 2.66. The van der Waals surface area contributed by atoms with Gasteiger partial charge in [-0.2, -0.15) is 0 Å². The van der Waals surface area contributed by atoms with Gasteiger partial charge in [-0.15, -0.1) is 0 Å². The summed E-state index contributed by atoms with van der Waals surface area (Å²) in [6.45, 7) is 2.12. The molecule has 0 radical (unpaired) electrons. The first-order valence-electron chi connectivity index (χ1n) is 6.15. The van der Waals surface area contributed by atoms with Crippen molar-refractivity contribution in [2.24, 2.45) is 5.92 Å². The lowest BCUT2D eigenvalue weighted by Crippen LogP contribution is -2.30. The summed E-state index contributed by atoms with van der Waals surface area (Å²) in [6.07, 6.45) is 0.608. The first-order valence-corrected chi connectivity index (χ1v) is 7.98. The van der Waals surface area contributed by atoms with Gasteiger partial charge in [0.05, 0.1) is 11.5 Å². The molecule has 0 bridgehead atoms. The number of carbonyl (C=O) groups excluding carboxylic acids is 1. The highest BCUT2D eigenvalue weighted by Gasteiger charge is 2.28. The molecule has 1 heterocycles. The Morgan fingerprint density at radius 1 is 1.47 bits per heavy atom. The third-order valence-electron chi connectivity index (χ3n) is 3.33. The molecule has 19 heavy (non-hydrogen) atoms. The number of phenols is 1. The fourth-order valence-electron chi connectivity index (χ4n) is 2.27. The van der Waals surface area contributed by atoms with Crippen LogP contribution in [0.1, 0.15) is 22.3 Å². The van der Waals surface area contributed by atoms with E-state index < -0.39 is 9.84 Å². The molecule has 2 rings (SSSR count). The van der Waals surface area contributed by atoms with Crippen molar-refractivity contribution in [3.63, 3.8) is 0 Å². The second-order valence-corrected chi connectivity index (χ2v) is 7.21. The Labute approximate surface area is 112 Å². The molecule has 1 aromatic carbocycles. The largest absolute Gasteiger partial charge is 0.508 e. The molecule has 5 nitrogen and oxygen atoms in total. The molecule has 0 spiro atoms. The van der Waals surface area contributed by atoms with Gasteiger partial charge in [-0.3, -0.25) is 4.79 Å². The van der Waals surface area contributed by atoms with Crippen molar-refractivity contribution in [1.29, 1.82) is 0 Å². The van der Waals surface area contributed by atoms with Gasteiger partial charge in [-0.1, -0.05) is 0 Å². The summed E-state index contributed by atoms with van der Waals surface area (Å²) in [5, 5.41) is 12.0. The number of carbonyl (C=O) groups is 1. The Balaban J connectivity index is 1.95. The van der Waals surface area contributed by atoms with Crippen molar-refractivity contribution in [2.45, 2.75) is 13.3 Å². The Kier molecular flexibility index (Phi) is 3.80. The molecule has 0 saturated carbocycles. The molecule has 2 N–H and O–H groups in total. The van der Waals surface area contributed by atoms with Gasteiger partial charge < -0.3 is 10.4 Å². The monoisotopic (exact) mass is 283 g/mol. The maximum Gasteiger partial charge on any atom is 0.251 e. The molecule has 1 aromatic rings. The highest BCUT2D eigenvalue weighted by Crippen LogP contribution is 2.18. The van der Waals surface area contributed by atoms with Crippen LogP contribution in [0.3, 0.4) is 0 Å². The number of hydrogen-bond donors (Lipinski definition) is 2. The zero-order valence-electron chi connectivity index (χ0n) is 10.7. The standard InChI is InChI=1S/C13H17NO4S/c1-9-6-11(15)2-3-12(9)13(16)14-7-10-4-5-19(17,18)8-10/h2-3,6,10,15H,4-5,7-8H2,1H3,(H,14,16). The van der Waals surface area contributed by atoms with Gasteiger partial charge in [0.2, 0.25) is 0 Å². The number of benzene rings is 1. The first kappa shape index (κ1) is 13.9. The van der Waals surface area contributed by atoms with E-state index in [1.54, 1.807) is 13.0 Å². The van der Waals surface area contributed by atoms with Gasteiger partial charge in [0, 0.05) is 12.1 Å². The lowest BCUT2D eigenvalue weighted by molar-refractivity contribution is 0.0948. The van der Waals surface area contributed by atoms with E-state index in [1.807, 2.05) is 0 Å². The van der Waals surface area contributed by atoms with E-state index in [-0.39, 0.29) is 29.1 Å². The first-order chi connectivity index (χ1) is 8.87. The van der Waals surface area contributed by atoms with Gasteiger partial charge in [0.1, 0.15) is 5.75 Å². The van der Waals surface area contributed by atoms with Crippen LogP contribution in [0.4, 0.5) is 0 Å². The number of aryl methyl sites for hydroxylation is 1. The van der Waals surface area contributed by atoms with Gasteiger partial charge >= 0.3 is 0 Å². The number of hydrogen-bond acceptors (Lipinski definition) is 4. The van der Waals surface area contributed by atoms with Crippen molar-refractivity contribution in [3.8, 4) is 5.75 Å². The Hall–Kier alpha value is -1.56. The summed E-state index contributed by atoms with van der Waals surface area (Å²) in [5.74, 6) is 0.261. The predicted molar refractivity (Wildman–Crippen MR) is 71.9 cm³/mol. The number of amides is 1. The molecule has 0 aromatic heterocycles.